The van der Waals surface area contributed by atoms with Gasteiger partial charge < -0.3 is 21.1 Å². The molecule has 0 radical (unpaired) electrons. The molecule has 0 spiro atoms. The van der Waals surface area contributed by atoms with E-state index in [0.717, 1.165) is 25.7 Å². The second-order valence-electron chi connectivity index (χ2n) is 8.06. The summed E-state index contributed by atoms with van der Waals surface area (Å²) in [5, 5.41) is 17.5. The average Bonchev–Trinajstić information content (AvgIpc) is 2.76. The van der Waals surface area contributed by atoms with Gasteiger partial charge in [-0.15, -0.1) is 13.2 Å². The van der Waals surface area contributed by atoms with Gasteiger partial charge in [-0.3, -0.25) is 10.1 Å². The maximum atomic E-state index is 12.7. The summed E-state index contributed by atoms with van der Waals surface area (Å²) in [7, 11) is 0. The van der Waals surface area contributed by atoms with Crippen molar-refractivity contribution in [3.05, 3.63) is 45.6 Å². The van der Waals surface area contributed by atoms with Gasteiger partial charge in [0.2, 0.25) is 11.8 Å². The summed E-state index contributed by atoms with van der Waals surface area (Å²) in [6.45, 7) is -0.251. The lowest BCUT2D eigenvalue weighted by Gasteiger charge is -2.28. The van der Waals surface area contributed by atoms with E-state index < -0.39 is 18.0 Å². The lowest BCUT2D eigenvalue weighted by molar-refractivity contribution is -0.385. The van der Waals surface area contributed by atoms with Crippen LogP contribution in [0.5, 0.6) is 5.75 Å². The van der Waals surface area contributed by atoms with E-state index in [9.17, 15) is 27.7 Å². The van der Waals surface area contributed by atoms with Crippen LogP contribution in [0.4, 0.5) is 35.0 Å². The Kier molecular flexibility index (Phi) is 8.42. The molecule has 1 heterocycles. The number of nitro groups is 1. The van der Waals surface area contributed by atoms with E-state index in [1.54, 1.807) is 6.07 Å². The number of rotatable bonds is 10. The summed E-state index contributed by atoms with van der Waals surface area (Å²) in [5.41, 5.74) is 5.83. The Bertz CT molecular complexity index is 983. The summed E-state index contributed by atoms with van der Waals surface area (Å²) in [5.74, 6) is -0.602. The lowest BCUT2D eigenvalue weighted by Crippen LogP contribution is -2.34. The monoisotopic (exact) mass is 486 g/mol. The normalized spacial score (nSPS) is 18.5. The molecule has 13 heteroatoms. The molecule has 0 unspecified atom stereocenters. The number of nitrogens with two attached hydrogens (primary N) is 1. The van der Waals surface area contributed by atoms with E-state index in [2.05, 4.69) is 25.3 Å². The van der Waals surface area contributed by atoms with Gasteiger partial charge in [0.15, 0.2) is 0 Å². The number of hydrogen-bond donors (Lipinski definition) is 3. The van der Waals surface area contributed by atoms with E-state index in [4.69, 9.17) is 5.73 Å². The zero-order chi connectivity index (χ0) is 24.7. The molecule has 0 aliphatic heterocycles. The van der Waals surface area contributed by atoms with Gasteiger partial charge in [-0.05, 0) is 44.1 Å². The van der Waals surface area contributed by atoms with Crippen LogP contribution in [0, 0.1) is 16.0 Å². The lowest BCUT2D eigenvalue weighted by atomic mass is 9.83. The number of anilines is 2. The van der Waals surface area contributed by atoms with Gasteiger partial charge in [-0.2, -0.15) is 4.98 Å². The number of alkyl halides is 4. The Labute approximate surface area is 193 Å². The van der Waals surface area contributed by atoms with Crippen LogP contribution in [0.15, 0.2) is 24.3 Å². The fraction of sp³-hybridized carbons (Fsp3) is 0.524. The van der Waals surface area contributed by atoms with Crippen molar-refractivity contribution in [2.75, 3.05) is 24.3 Å². The highest BCUT2D eigenvalue weighted by atomic mass is 19.4. The average molecular weight is 486 g/mol. The first-order chi connectivity index (χ1) is 16.2. The molecule has 186 valence electrons. The molecule has 34 heavy (non-hydrogen) atoms. The van der Waals surface area contributed by atoms with Crippen LogP contribution in [-0.2, 0) is 13.0 Å². The number of benzene rings is 1. The second kappa shape index (κ2) is 11.3. The smallest absolute Gasteiger partial charge is 0.405 e. The molecule has 1 aliphatic rings. The third kappa shape index (κ3) is 7.14. The van der Waals surface area contributed by atoms with Gasteiger partial charge in [0, 0.05) is 24.7 Å². The van der Waals surface area contributed by atoms with Crippen molar-refractivity contribution in [1.29, 1.82) is 0 Å². The zero-order valence-electron chi connectivity index (χ0n) is 18.3. The first-order valence-electron chi connectivity index (χ1n) is 10.8. The van der Waals surface area contributed by atoms with Gasteiger partial charge >= 0.3 is 12.0 Å². The number of nitrogens with one attached hydrogen (secondary N) is 2. The molecule has 0 bridgehead atoms. The highest BCUT2D eigenvalue weighted by Crippen LogP contribution is 2.33. The molecule has 9 nitrogen and oxygen atoms in total. The van der Waals surface area contributed by atoms with Gasteiger partial charge in [0.05, 0.1) is 4.92 Å². The molecule has 1 aliphatic carbocycles. The number of halogens is 4. The third-order valence-electron chi connectivity index (χ3n) is 5.66. The van der Waals surface area contributed by atoms with Crippen molar-refractivity contribution < 1.29 is 27.2 Å². The number of aromatic nitrogens is 2. The topological polar surface area (TPSA) is 128 Å². The predicted molar refractivity (Wildman–Crippen MR) is 117 cm³/mol. The van der Waals surface area contributed by atoms with Crippen molar-refractivity contribution in [1.82, 2.24) is 15.3 Å². The molecule has 1 aromatic carbocycles. The van der Waals surface area contributed by atoms with Crippen molar-refractivity contribution in [3.8, 4) is 5.75 Å². The molecular formula is C21H26F4N6O3. The van der Waals surface area contributed by atoms with Crippen LogP contribution < -0.4 is 21.1 Å². The van der Waals surface area contributed by atoms with Gasteiger partial charge in [-0.1, -0.05) is 18.2 Å². The maximum absolute atomic E-state index is 12.7. The van der Waals surface area contributed by atoms with Crippen molar-refractivity contribution in [2.24, 2.45) is 5.92 Å². The SMILES string of the molecule is Nc1nc(NCc2ccccc2OC(F)(F)F)nc(C[C@H]2CC[C@H](NCCF)CC2)c1[N+](=O)[O-]. The molecule has 1 saturated carbocycles. The number of nitrogen functional groups attached to an aromatic ring is 1. The fourth-order valence-electron chi connectivity index (χ4n) is 4.09. The van der Waals surface area contributed by atoms with Crippen molar-refractivity contribution in [2.45, 2.75) is 51.1 Å². The first-order valence-corrected chi connectivity index (χ1v) is 10.8. The van der Waals surface area contributed by atoms with E-state index in [1.807, 2.05) is 0 Å². The van der Waals surface area contributed by atoms with Crippen molar-refractivity contribution in [3.63, 3.8) is 0 Å². The molecular weight excluding hydrogens is 460 g/mol. The Balaban J connectivity index is 1.73. The minimum atomic E-state index is -4.85. The molecule has 4 N–H and O–H groups in total. The van der Waals surface area contributed by atoms with Gasteiger partial charge in [0.25, 0.3) is 0 Å². The molecule has 1 aromatic heterocycles. The van der Waals surface area contributed by atoms with E-state index in [0.29, 0.717) is 13.0 Å². The molecule has 3 rings (SSSR count). The summed E-state index contributed by atoms with van der Waals surface area (Å²) >= 11 is 0. The molecule has 0 atom stereocenters. The first kappa shape index (κ1) is 25.4. The Hall–Kier alpha value is -3.22. The third-order valence-corrected chi connectivity index (χ3v) is 5.66. The van der Waals surface area contributed by atoms with Crippen LogP contribution in [0.1, 0.15) is 36.9 Å². The standard InChI is InChI=1S/C21H26F4N6O3/c22-9-10-27-15-7-5-13(6-8-15)11-16-18(31(32)33)19(26)30-20(29-16)28-12-14-3-1-2-4-17(14)34-21(23,24)25/h1-4,13,15,27H,5-12H2,(H3,26,28,29,30)/t13-,15-. The van der Waals surface area contributed by atoms with Crippen LogP contribution >= 0.6 is 0 Å². The van der Waals surface area contributed by atoms with Gasteiger partial charge in [-0.25, -0.2) is 9.37 Å². The highest BCUT2D eigenvalue weighted by molar-refractivity contribution is 5.58. The minimum absolute atomic E-state index is 0.0294. The number of hydrogen-bond acceptors (Lipinski definition) is 8. The van der Waals surface area contributed by atoms with Crippen LogP contribution in [0.2, 0.25) is 0 Å². The summed E-state index contributed by atoms with van der Waals surface area (Å²) < 4.78 is 54.3. The molecule has 0 saturated heterocycles. The minimum Gasteiger partial charge on any atom is -0.405 e. The van der Waals surface area contributed by atoms with Crippen LogP contribution in [-0.4, -0.2) is 40.5 Å². The summed E-state index contributed by atoms with van der Waals surface area (Å²) in [6.07, 6.45) is -1.33. The molecule has 0 amide bonds. The zero-order valence-corrected chi connectivity index (χ0v) is 18.3. The van der Waals surface area contributed by atoms with Crippen LogP contribution in [0.3, 0.4) is 0 Å². The Morgan fingerprint density at radius 1 is 1.18 bits per heavy atom. The highest BCUT2D eigenvalue weighted by Gasteiger charge is 2.32. The number of para-hydroxylation sites is 1. The summed E-state index contributed by atoms with van der Waals surface area (Å²) in [4.78, 5) is 19.1. The molecule has 2 aromatic rings. The molecule has 1 fully saturated rings. The quantitative estimate of drug-likeness (QED) is 0.260. The second-order valence-corrected chi connectivity index (χ2v) is 8.06. The Morgan fingerprint density at radius 2 is 1.88 bits per heavy atom. The largest absolute Gasteiger partial charge is 0.573 e. The van der Waals surface area contributed by atoms with E-state index in [-0.39, 0.29) is 53.0 Å². The van der Waals surface area contributed by atoms with E-state index in [1.165, 1.54) is 18.2 Å². The van der Waals surface area contributed by atoms with Crippen LogP contribution in [0.25, 0.3) is 0 Å². The Morgan fingerprint density at radius 3 is 2.53 bits per heavy atom. The fourth-order valence-corrected chi connectivity index (χ4v) is 4.09. The predicted octanol–water partition coefficient (Wildman–Crippen LogP) is 4.14. The number of ether oxygens (including phenoxy) is 1. The number of nitrogens with zero attached hydrogens (tertiary/aromatic N) is 3. The summed E-state index contributed by atoms with van der Waals surface area (Å²) in [6, 6.07) is 5.80. The van der Waals surface area contributed by atoms with Crippen molar-refractivity contribution >= 4 is 17.5 Å². The van der Waals surface area contributed by atoms with E-state index >= 15 is 0 Å². The maximum Gasteiger partial charge on any atom is 0.573 e. The van der Waals surface area contributed by atoms with Gasteiger partial charge in [0.1, 0.15) is 18.1 Å².